The third-order valence-electron chi connectivity index (χ3n) is 5.76. The van der Waals surface area contributed by atoms with Crippen LogP contribution >= 0.6 is 0 Å². The number of hydrogen-bond acceptors (Lipinski definition) is 6. The molecule has 0 bridgehead atoms. The van der Waals surface area contributed by atoms with Crippen LogP contribution in [0.4, 0.5) is 0 Å². The van der Waals surface area contributed by atoms with Gasteiger partial charge in [0.15, 0.2) is 6.61 Å². The fraction of sp³-hybridized carbons (Fsp3) is 0.522. The Morgan fingerprint density at radius 1 is 1.32 bits per heavy atom. The number of hydrogen-bond donors (Lipinski definition) is 2. The zero-order valence-electron chi connectivity index (χ0n) is 18.5. The summed E-state index contributed by atoms with van der Waals surface area (Å²) >= 11 is 0. The molecule has 0 saturated heterocycles. The van der Waals surface area contributed by atoms with Gasteiger partial charge in [-0.3, -0.25) is 4.79 Å². The highest BCUT2D eigenvalue weighted by atomic mass is 16.5. The molecular weight excluding hydrogens is 402 g/mol. The lowest BCUT2D eigenvalue weighted by Gasteiger charge is -2.33. The van der Waals surface area contributed by atoms with E-state index in [2.05, 4.69) is 5.32 Å². The number of carbonyl (C=O) groups excluding carboxylic acids is 1. The maximum absolute atomic E-state index is 12.4. The Morgan fingerprint density at radius 3 is 2.68 bits per heavy atom. The van der Waals surface area contributed by atoms with E-state index in [1.54, 1.807) is 19.9 Å². The lowest BCUT2D eigenvalue weighted by atomic mass is 9.92. The second-order valence-electron chi connectivity index (χ2n) is 8.72. The molecule has 1 amide bonds. The summed E-state index contributed by atoms with van der Waals surface area (Å²) in [5.41, 5.74) is 1.01. The lowest BCUT2D eigenvalue weighted by Crippen LogP contribution is -2.46. The molecule has 8 heteroatoms. The SMILES string of the molecule is CC[C@H](C)[C@@H](NC(=O)COc1cc2c(c3oc(=O)cc(C)c13)CCC(C)(C)O2)C(=O)O. The molecule has 0 saturated carbocycles. The number of nitrogens with one attached hydrogen (secondary N) is 1. The standard InChI is InChI=1S/C23H29NO7/c1-6-12(2)20(22(27)28)24-17(25)11-29-16-10-15-14(7-8-23(4,5)31-15)21-19(16)13(3)9-18(26)30-21/h9-10,12,20H,6-8,11H2,1-5H3,(H,24,25)(H,27,28)/t12-,20+/m0/s1. The molecule has 2 heterocycles. The van der Waals surface area contributed by atoms with Crippen molar-refractivity contribution in [1.82, 2.24) is 5.32 Å². The average Bonchev–Trinajstić information content (AvgIpc) is 2.67. The number of carboxylic acid groups (broad SMARTS) is 1. The quantitative estimate of drug-likeness (QED) is 0.647. The Labute approximate surface area is 180 Å². The van der Waals surface area contributed by atoms with Crippen molar-refractivity contribution in [2.75, 3.05) is 6.61 Å². The number of fused-ring (bicyclic) bond motifs is 3. The van der Waals surface area contributed by atoms with Gasteiger partial charge >= 0.3 is 11.6 Å². The molecule has 2 N–H and O–H groups in total. The fourth-order valence-electron chi connectivity index (χ4n) is 3.78. The largest absolute Gasteiger partial charge is 0.487 e. The summed E-state index contributed by atoms with van der Waals surface area (Å²) in [5.74, 6) is -0.961. The fourth-order valence-corrected chi connectivity index (χ4v) is 3.78. The van der Waals surface area contributed by atoms with Crippen LogP contribution < -0.4 is 20.4 Å². The van der Waals surface area contributed by atoms with Crippen molar-refractivity contribution in [2.24, 2.45) is 5.92 Å². The average molecular weight is 431 g/mol. The molecule has 2 aromatic rings. The van der Waals surface area contributed by atoms with Crippen LogP contribution in [0.15, 0.2) is 21.3 Å². The van der Waals surface area contributed by atoms with Gasteiger partial charge in [-0.2, -0.15) is 0 Å². The highest BCUT2D eigenvalue weighted by molar-refractivity contribution is 5.92. The summed E-state index contributed by atoms with van der Waals surface area (Å²) in [5, 5.41) is 12.5. The van der Waals surface area contributed by atoms with Crippen LogP contribution in [0.2, 0.25) is 0 Å². The minimum atomic E-state index is -1.09. The van der Waals surface area contributed by atoms with E-state index in [4.69, 9.17) is 13.9 Å². The second-order valence-corrected chi connectivity index (χ2v) is 8.72. The molecule has 0 spiro atoms. The van der Waals surface area contributed by atoms with Gasteiger partial charge in [-0.25, -0.2) is 9.59 Å². The van der Waals surface area contributed by atoms with Crippen LogP contribution in [0.1, 0.15) is 51.7 Å². The van der Waals surface area contributed by atoms with Gasteiger partial charge in [-0.1, -0.05) is 20.3 Å². The molecule has 3 rings (SSSR count). The zero-order valence-corrected chi connectivity index (χ0v) is 18.5. The molecule has 0 unspecified atom stereocenters. The van der Waals surface area contributed by atoms with Crippen molar-refractivity contribution in [1.29, 1.82) is 0 Å². The van der Waals surface area contributed by atoms with Gasteiger partial charge in [0, 0.05) is 17.7 Å². The van der Waals surface area contributed by atoms with Crippen molar-refractivity contribution in [2.45, 2.75) is 65.5 Å². The van der Waals surface area contributed by atoms with Gasteiger partial charge < -0.3 is 24.3 Å². The molecule has 8 nitrogen and oxygen atoms in total. The topological polar surface area (TPSA) is 115 Å². The van der Waals surface area contributed by atoms with Crippen LogP contribution in [-0.2, 0) is 16.0 Å². The Balaban J connectivity index is 1.92. The van der Waals surface area contributed by atoms with Crippen LogP contribution in [0.3, 0.4) is 0 Å². The molecule has 1 aliphatic rings. The first-order valence-electron chi connectivity index (χ1n) is 10.5. The number of amides is 1. The van der Waals surface area contributed by atoms with E-state index in [-0.39, 0.29) is 18.1 Å². The first-order valence-corrected chi connectivity index (χ1v) is 10.5. The molecule has 1 aromatic heterocycles. The number of aliphatic carboxylic acids is 1. The van der Waals surface area contributed by atoms with Crippen molar-refractivity contribution >= 4 is 22.8 Å². The summed E-state index contributed by atoms with van der Waals surface area (Å²) < 4.78 is 17.4. The molecule has 0 fully saturated rings. The first-order chi connectivity index (χ1) is 14.5. The van der Waals surface area contributed by atoms with Crippen LogP contribution in [0, 0.1) is 12.8 Å². The molecule has 1 aliphatic heterocycles. The monoisotopic (exact) mass is 431 g/mol. The molecule has 2 atom stereocenters. The van der Waals surface area contributed by atoms with Crippen LogP contribution in [0.5, 0.6) is 11.5 Å². The Hall–Kier alpha value is -3.03. The van der Waals surface area contributed by atoms with E-state index in [1.807, 2.05) is 20.8 Å². The van der Waals surface area contributed by atoms with E-state index in [0.717, 1.165) is 12.0 Å². The summed E-state index contributed by atoms with van der Waals surface area (Å²) in [4.78, 5) is 35.9. The van der Waals surface area contributed by atoms with Gasteiger partial charge in [0.25, 0.3) is 5.91 Å². The third kappa shape index (κ3) is 4.84. The van der Waals surface area contributed by atoms with E-state index in [9.17, 15) is 19.5 Å². The van der Waals surface area contributed by atoms with E-state index < -0.39 is 23.5 Å². The lowest BCUT2D eigenvalue weighted by molar-refractivity contribution is -0.143. The third-order valence-corrected chi connectivity index (χ3v) is 5.76. The zero-order chi connectivity index (χ0) is 22.9. The predicted molar refractivity (Wildman–Crippen MR) is 115 cm³/mol. The summed E-state index contributed by atoms with van der Waals surface area (Å²) in [6, 6.07) is 2.09. The first kappa shape index (κ1) is 22.7. The predicted octanol–water partition coefficient (Wildman–Crippen LogP) is 3.20. The minimum absolute atomic E-state index is 0.224. The van der Waals surface area contributed by atoms with Gasteiger partial charge in [0.1, 0.15) is 28.7 Å². The van der Waals surface area contributed by atoms with Gasteiger partial charge in [0.2, 0.25) is 0 Å². The van der Waals surface area contributed by atoms with Crippen molar-refractivity contribution in [3.63, 3.8) is 0 Å². The second kappa shape index (κ2) is 8.61. The van der Waals surface area contributed by atoms with Crippen LogP contribution in [-0.4, -0.2) is 35.2 Å². The molecule has 31 heavy (non-hydrogen) atoms. The number of carboxylic acids is 1. The number of aryl methyl sites for hydroxylation is 2. The molecule has 0 aliphatic carbocycles. The molecule has 0 radical (unpaired) electrons. The Bertz CT molecular complexity index is 1070. The van der Waals surface area contributed by atoms with Gasteiger partial charge in [-0.05, 0) is 45.1 Å². The number of rotatable bonds is 7. The Morgan fingerprint density at radius 2 is 2.03 bits per heavy atom. The summed E-state index contributed by atoms with van der Waals surface area (Å²) in [7, 11) is 0. The minimum Gasteiger partial charge on any atom is -0.487 e. The van der Waals surface area contributed by atoms with Crippen molar-refractivity contribution in [3.05, 3.63) is 33.7 Å². The van der Waals surface area contributed by atoms with Crippen molar-refractivity contribution < 1.29 is 28.6 Å². The maximum Gasteiger partial charge on any atom is 0.336 e. The summed E-state index contributed by atoms with van der Waals surface area (Å²) in [6.45, 7) is 8.97. The van der Waals surface area contributed by atoms with Gasteiger partial charge in [-0.15, -0.1) is 0 Å². The summed E-state index contributed by atoms with van der Waals surface area (Å²) in [6.07, 6.45) is 2.06. The Kier molecular flexibility index (Phi) is 6.29. The highest BCUT2D eigenvalue weighted by Gasteiger charge is 2.31. The van der Waals surface area contributed by atoms with E-state index >= 15 is 0 Å². The van der Waals surface area contributed by atoms with Gasteiger partial charge in [0.05, 0.1) is 5.39 Å². The highest BCUT2D eigenvalue weighted by Crippen LogP contribution is 2.42. The number of ether oxygens (including phenoxy) is 2. The van der Waals surface area contributed by atoms with E-state index in [1.165, 1.54) is 6.07 Å². The molecular formula is C23H29NO7. The smallest absolute Gasteiger partial charge is 0.336 e. The maximum atomic E-state index is 12.4. The molecule has 1 aromatic carbocycles. The van der Waals surface area contributed by atoms with E-state index in [0.29, 0.717) is 40.9 Å². The molecule has 168 valence electrons. The van der Waals surface area contributed by atoms with Crippen LogP contribution in [0.25, 0.3) is 11.0 Å². The van der Waals surface area contributed by atoms with Crippen molar-refractivity contribution in [3.8, 4) is 11.5 Å². The normalized spacial score (nSPS) is 16.7. The number of benzene rings is 1. The number of carbonyl (C=O) groups is 2.